The van der Waals surface area contributed by atoms with Crippen LogP contribution in [-0.4, -0.2) is 11.1 Å². The Bertz CT molecular complexity index is 571. The molecule has 2 aromatic carbocycles. The van der Waals surface area contributed by atoms with Crippen molar-refractivity contribution < 1.29 is 9.90 Å². The number of carboxylic acids is 1. The molecule has 0 saturated heterocycles. The third-order valence-electron chi connectivity index (χ3n) is 3.89. The average Bonchev–Trinajstić information content (AvgIpc) is 2.43. The van der Waals surface area contributed by atoms with Crippen molar-refractivity contribution in [3.8, 4) is 0 Å². The second kappa shape index (κ2) is 4.88. The summed E-state index contributed by atoms with van der Waals surface area (Å²) in [5.74, 6) is -0.502. The molecule has 0 fully saturated rings. The average molecular weight is 252 g/mol. The molecule has 2 aromatic rings. The van der Waals surface area contributed by atoms with E-state index in [9.17, 15) is 4.79 Å². The topological polar surface area (TPSA) is 37.3 Å². The fourth-order valence-electron chi connectivity index (χ4n) is 3.02. The molecule has 0 aliphatic heterocycles. The number of benzene rings is 2. The van der Waals surface area contributed by atoms with Crippen molar-refractivity contribution in [2.45, 2.75) is 25.2 Å². The van der Waals surface area contributed by atoms with Crippen LogP contribution in [0.5, 0.6) is 0 Å². The predicted molar refractivity (Wildman–Crippen MR) is 74.4 cm³/mol. The summed E-state index contributed by atoms with van der Waals surface area (Å²) in [6.45, 7) is 0. The fourth-order valence-corrected chi connectivity index (χ4v) is 3.02. The van der Waals surface area contributed by atoms with Gasteiger partial charge in [-0.3, -0.25) is 4.79 Å². The molecule has 0 atom stereocenters. The Morgan fingerprint density at radius 3 is 2.05 bits per heavy atom. The maximum Gasteiger partial charge on any atom is 0.303 e. The van der Waals surface area contributed by atoms with E-state index < -0.39 is 5.97 Å². The van der Waals surface area contributed by atoms with Crippen LogP contribution in [0.4, 0.5) is 0 Å². The van der Waals surface area contributed by atoms with E-state index in [1.807, 2.05) is 12.1 Å². The third kappa shape index (κ3) is 2.26. The highest BCUT2D eigenvalue weighted by atomic mass is 16.4. The molecule has 2 heteroatoms. The van der Waals surface area contributed by atoms with Crippen molar-refractivity contribution in [3.05, 3.63) is 70.8 Å². The highest BCUT2D eigenvalue weighted by Crippen LogP contribution is 2.38. The van der Waals surface area contributed by atoms with Crippen molar-refractivity contribution in [3.63, 3.8) is 0 Å². The molecule has 2 nitrogen and oxygen atoms in total. The number of carbonyl (C=O) groups is 1. The first-order valence-corrected chi connectivity index (χ1v) is 6.63. The summed E-state index contributed by atoms with van der Waals surface area (Å²) in [5, 5.41) is 8.94. The van der Waals surface area contributed by atoms with Gasteiger partial charge in [-0.1, -0.05) is 48.5 Å². The molecular weight excluding hydrogens is 236 g/mol. The van der Waals surface area contributed by atoms with Crippen LogP contribution in [-0.2, 0) is 11.2 Å². The van der Waals surface area contributed by atoms with Crippen LogP contribution in [0.1, 0.15) is 41.0 Å². The quantitative estimate of drug-likeness (QED) is 0.906. The summed E-state index contributed by atoms with van der Waals surface area (Å²) in [5.41, 5.74) is 5.25. The van der Waals surface area contributed by atoms with Gasteiger partial charge in [0.15, 0.2) is 0 Å². The number of fused-ring (bicyclic) bond motifs is 2. The van der Waals surface area contributed by atoms with Crippen molar-refractivity contribution >= 4 is 5.97 Å². The van der Waals surface area contributed by atoms with Crippen molar-refractivity contribution in [1.82, 2.24) is 0 Å². The van der Waals surface area contributed by atoms with Crippen LogP contribution in [0.3, 0.4) is 0 Å². The van der Waals surface area contributed by atoms with Crippen molar-refractivity contribution in [1.29, 1.82) is 0 Å². The van der Waals surface area contributed by atoms with Crippen LogP contribution >= 0.6 is 0 Å². The molecule has 0 amide bonds. The van der Waals surface area contributed by atoms with Crippen LogP contribution < -0.4 is 0 Å². The van der Waals surface area contributed by atoms with Gasteiger partial charge in [-0.25, -0.2) is 0 Å². The lowest BCUT2D eigenvalue weighted by atomic mass is 9.76. The van der Waals surface area contributed by atoms with Gasteiger partial charge in [0.25, 0.3) is 0 Å². The second-order valence-corrected chi connectivity index (χ2v) is 5.06. The van der Waals surface area contributed by atoms with Crippen LogP contribution in [0.25, 0.3) is 0 Å². The Morgan fingerprint density at radius 1 is 1.00 bits per heavy atom. The molecule has 0 spiro atoms. The SMILES string of the molecule is O=C(O)CCC1c2ccccc2Cc2ccccc21. The normalized spacial score (nSPS) is 13.7. The molecule has 0 radical (unpaired) electrons. The summed E-state index contributed by atoms with van der Waals surface area (Å²) in [6, 6.07) is 16.8. The number of rotatable bonds is 3. The molecule has 1 aliphatic rings. The minimum atomic E-state index is -0.722. The lowest BCUT2D eigenvalue weighted by molar-refractivity contribution is -0.137. The van der Waals surface area contributed by atoms with E-state index >= 15 is 0 Å². The van der Waals surface area contributed by atoms with E-state index in [0.717, 1.165) is 6.42 Å². The second-order valence-electron chi connectivity index (χ2n) is 5.06. The molecule has 0 heterocycles. The van der Waals surface area contributed by atoms with Gasteiger partial charge in [0.2, 0.25) is 0 Å². The molecule has 0 aromatic heterocycles. The predicted octanol–water partition coefficient (Wildman–Crippen LogP) is 3.59. The Labute approximate surface area is 112 Å². The van der Waals surface area contributed by atoms with E-state index in [1.54, 1.807) is 0 Å². The van der Waals surface area contributed by atoms with E-state index in [4.69, 9.17) is 5.11 Å². The van der Waals surface area contributed by atoms with Crippen LogP contribution in [0.15, 0.2) is 48.5 Å². The number of carboxylic acid groups (broad SMARTS) is 1. The van der Waals surface area contributed by atoms with E-state index in [2.05, 4.69) is 36.4 Å². The van der Waals surface area contributed by atoms with Gasteiger partial charge in [0, 0.05) is 12.3 Å². The van der Waals surface area contributed by atoms with Gasteiger partial charge in [-0.2, -0.15) is 0 Å². The number of hydrogen-bond acceptors (Lipinski definition) is 1. The Morgan fingerprint density at radius 2 is 1.53 bits per heavy atom. The van der Waals surface area contributed by atoms with E-state index in [-0.39, 0.29) is 12.3 Å². The number of aliphatic carboxylic acids is 1. The van der Waals surface area contributed by atoms with Crippen molar-refractivity contribution in [2.75, 3.05) is 0 Å². The van der Waals surface area contributed by atoms with Gasteiger partial charge in [-0.05, 0) is 35.1 Å². The number of hydrogen-bond donors (Lipinski definition) is 1. The van der Waals surface area contributed by atoms with Crippen molar-refractivity contribution in [2.24, 2.45) is 0 Å². The van der Waals surface area contributed by atoms with Gasteiger partial charge >= 0.3 is 5.97 Å². The Kier molecular flexibility index (Phi) is 3.08. The maximum absolute atomic E-state index is 10.9. The zero-order valence-electron chi connectivity index (χ0n) is 10.7. The zero-order valence-corrected chi connectivity index (χ0v) is 10.7. The summed E-state index contributed by atoms with van der Waals surface area (Å²) >= 11 is 0. The summed E-state index contributed by atoms with van der Waals surface area (Å²) in [7, 11) is 0. The summed E-state index contributed by atoms with van der Waals surface area (Å²) in [4.78, 5) is 10.9. The monoisotopic (exact) mass is 252 g/mol. The van der Waals surface area contributed by atoms with Crippen LogP contribution in [0.2, 0.25) is 0 Å². The lowest BCUT2D eigenvalue weighted by Crippen LogP contribution is -2.14. The van der Waals surface area contributed by atoms with Gasteiger partial charge < -0.3 is 5.11 Å². The van der Waals surface area contributed by atoms with E-state index in [1.165, 1.54) is 22.3 Å². The molecule has 1 N–H and O–H groups in total. The summed E-state index contributed by atoms with van der Waals surface area (Å²) < 4.78 is 0. The highest BCUT2D eigenvalue weighted by molar-refractivity contribution is 5.67. The summed E-state index contributed by atoms with van der Waals surface area (Å²) in [6.07, 6.45) is 1.84. The molecule has 0 bridgehead atoms. The molecule has 96 valence electrons. The molecule has 3 rings (SSSR count). The third-order valence-corrected chi connectivity index (χ3v) is 3.89. The minimum absolute atomic E-state index is 0.216. The smallest absolute Gasteiger partial charge is 0.303 e. The molecule has 0 saturated carbocycles. The lowest BCUT2D eigenvalue weighted by Gasteiger charge is -2.28. The first-order chi connectivity index (χ1) is 9.25. The van der Waals surface area contributed by atoms with Gasteiger partial charge in [0.1, 0.15) is 0 Å². The Balaban J connectivity index is 2.03. The Hall–Kier alpha value is -2.09. The largest absolute Gasteiger partial charge is 0.481 e. The molecular formula is C17H16O2. The highest BCUT2D eigenvalue weighted by Gasteiger charge is 2.25. The zero-order chi connectivity index (χ0) is 13.2. The molecule has 0 unspecified atom stereocenters. The first kappa shape index (κ1) is 12.0. The molecule has 19 heavy (non-hydrogen) atoms. The standard InChI is InChI=1S/C17H16O2/c18-17(19)10-9-16-14-7-3-1-5-12(14)11-13-6-2-4-8-15(13)16/h1-8,16H,9-11H2,(H,18,19). The van der Waals surface area contributed by atoms with Gasteiger partial charge in [0.05, 0.1) is 0 Å². The molecule has 1 aliphatic carbocycles. The first-order valence-electron chi connectivity index (χ1n) is 6.63. The fraction of sp³-hybridized carbons (Fsp3) is 0.235. The van der Waals surface area contributed by atoms with Gasteiger partial charge in [-0.15, -0.1) is 0 Å². The minimum Gasteiger partial charge on any atom is -0.481 e. The van der Waals surface area contributed by atoms with Crippen LogP contribution in [0, 0.1) is 0 Å². The van der Waals surface area contributed by atoms with E-state index in [0.29, 0.717) is 6.42 Å². The maximum atomic E-state index is 10.9.